The number of benzene rings is 1. The molecule has 3 N–H and O–H groups in total. The van der Waals surface area contributed by atoms with E-state index in [0.29, 0.717) is 16.9 Å². The predicted molar refractivity (Wildman–Crippen MR) is 55.7 cm³/mol. The highest BCUT2D eigenvalue weighted by molar-refractivity contribution is 9.10. The Kier molecular flexibility index (Phi) is 3.74. The zero-order valence-corrected chi connectivity index (χ0v) is 9.55. The number of nitrogens with one attached hydrogen (secondary N) is 1. The van der Waals surface area contributed by atoms with Gasteiger partial charge in [-0.15, -0.1) is 0 Å². The SMILES string of the molecule is COc1c(Br)cc(CNO)c(O)c1C. The lowest BCUT2D eigenvalue weighted by Crippen LogP contribution is -2.07. The molecule has 0 fully saturated rings. The average molecular weight is 262 g/mol. The second-order valence-corrected chi connectivity index (χ2v) is 3.71. The van der Waals surface area contributed by atoms with Crippen LogP contribution in [-0.2, 0) is 6.54 Å². The van der Waals surface area contributed by atoms with Crippen LogP contribution in [0.25, 0.3) is 0 Å². The summed E-state index contributed by atoms with van der Waals surface area (Å²) in [6.07, 6.45) is 0. The highest BCUT2D eigenvalue weighted by Gasteiger charge is 2.13. The van der Waals surface area contributed by atoms with Gasteiger partial charge in [0.2, 0.25) is 0 Å². The molecule has 0 aliphatic carbocycles. The maximum absolute atomic E-state index is 9.71. The van der Waals surface area contributed by atoms with E-state index < -0.39 is 0 Å². The fraction of sp³-hybridized carbons (Fsp3) is 0.333. The molecule has 0 unspecified atom stereocenters. The first-order valence-corrected chi connectivity index (χ1v) is 4.83. The van der Waals surface area contributed by atoms with E-state index in [1.165, 1.54) is 7.11 Å². The minimum Gasteiger partial charge on any atom is -0.507 e. The fourth-order valence-corrected chi connectivity index (χ4v) is 2.02. The van der Waals surface area contributed by atoms with Gasteiger partial charge in [0.1, 0.15) is 11.5 Å². The molecule has 0 atom stereocenters. The van der Waals surface area contributed by atoms with Gasteiger partial charge in [-0.25, -0.2) is 5.48 Å². The number of methoxy groups -OCH3 is 1. The van der Waals surface area contributed by atoms with Gasteiger partial charge in [0.25, 0.3) is 0 Å². The largest absolute Gasteiger partial charge is 0.507 e. The minimum absolute atomic E-state index is 0.131. The third kappa shape index (κ3) is 2.00. The van der Waals surface area contributed by atoms with Gasteiger partial charge in [0.15, 0.2) is 0 Å². The molecule has 0 heterocycles. The molecule has 1 aromatic rings. The predicted octanol–water partition coefficient (Wildman–Crippen LogP) is 1.95. The van der Waals surface area contributed by atoms with Crippen LogP contribution in [0.1, 0.15) is 11.1 Å². The summed E-state index contributed by atoms with van der Waals surface area (Å²) in [4.78, 5) is 0. The molecule has 5 heteroatoms. The van der Waals surface area contributed by atoms with Crippen LogP contribution in [0.2, 0.25) is 0 Å². The van der Waals surface area contributed by atoms with Crippen LogP contribution in [0, 0.1) is 6.92 Å². The van der Waals surface area contributed by atoms with Crippen molar-refractivity contribution in [3.05, 3.63) is 21.7 Å². The van der Waals surface area contributed by atoms with Crippen molar-refractivity contribution in [1.82, 2.24) is 5.48 Å². The smallest absolute Gasteiger partial charge is 0.139 e. The minimum atomic E-state index is 0.131. The molecule has 1 rings (SSSR count). The van der Waals surface area contributed by atoms with E-state index in [9.17, 15) is 5.11 Å². The maximum Gasteiger partial charge on any atom is 0.139 e. The summed E-state index contributed by atoms with van der Waals surface area (Å²) < 4.78 is 5.85. The molecule has 0 saturated carbocycles. The average Bonchev–Trinajstić information content (AvgIpc) is 2.15. The molecule has 0 amide bonds. The first-order valence-electron chi connectivity index (χ1n) is 4.03. The Hall–Kier alpha value is -0.780. The van der Waals surface area contributed by atoms with Crippen LogP contribution in [0.15, 0.2) is 10.5 Å². The van der Waals surface area contributed by atoms with Gasteiger partial charge in [-0.3, -0.25) is 0 Å². The number of hydroxylamine groups is 1. The van der Waals surface area contributed by atoms with E-state index in [0.717, 1.165) is 4.47 Å². The number of phenolic OH excluding ortho intramolecular Hbond substituents is 1. The molecule has 0 aliphatic rings. The summed E-state index contributed by atoms with van der Waals surface area (Å²) in [5.74, 6) is 0.732. The molecule has 0 aliphatic heterocycles. The molecule has 0 saturated heterocycles. The van der Waals surface area contributed by atoms with E-state index in [1.54, 1.807) is 13.0 Å². The zero-order valence-electron chi connectivity index (χ0n) is 7.97. The monoisotopic (exact) mass is 261 g/mol. The number of hydrogen-bond donors (Lipinski definition) is 3. The van der Waals surface area contributed by atoms with Gasteiger partial charge in [-0.05, 0) is 28.9 Å². The van der Waals surface area contributed by atoms with E-state index in [1.807, 2.05) is 5.48 Å². The summed E-state index contributed by atoms with van der Waals surface area (Å²) in [5.41, 5.74) is 3.25. The summed E-state index contributed by atoms with van der Waals surface area (Å²) in [6, 6.07) is 1.70. The molecule has 4 nitrogen and oxygen atoms in total. The highest BCUT2D eigenvalue weighted by Crippen LogP contribution is 2.37. The van der Waals surface area contributed by atoms with Crippen LogP contribution < -0.4 is 10.2 Å². The molecular formula is C9H12BrNO3. The highest BCUT2D eigenvalue weighted by atomic mass is 79.9. The summed E-state index contributed by atoms with van der Waals surface area (Å²) >= 11 is 3.32. The Morgan fingerprint density at radius 3 is 2.71 bits per heavy atom. The van der Waals surface area contributed by atoms with Crippen LogP contribution in [0.4, 0.5) is 0 Å². The van der Waals surface area contributed by atoms with Gasteiger partial charge in [-0.1, -0.05) is 0 Å². The third-order valence-corrected chi connectivity index (χ3v) is 2.58. The van der Waals surface area contributed by atoms with Crippen molar-refractivity contribution in [1.29, 1.82) is 0 Å². The number of rotatable bonds is 3. The summed E-state index contributed by atoms with van der Waals surface area (Å²) in [6.45, 7) is 1.94. The Bertz CT molecular complexity index is 341. The van der Waals surface area contributed by atoms with Crippen molar-refractivity contribution < 1.29 is 15.1 Å². The fourth-order valence-electron chi connectivity index (χ4n) is 1.28. The van der Waals surface area contributed by atoms with E-state index >= 15 is 0 Å². The number of halogens is 1. The topological polar surface area (TPSA) is 61.7 Å². The van der Waals surface area contributed by atoms with Crippen molar-refractivity contribution in [2.24, 2.45) is 0 Å². The number of aromatic hydroxyl groups is 1. The molecule has 0 aromatic heterocycles. The Morgan fingerprint density at radius 2 is 2.21 bits per heavy atom. The number of phenols is 1. The van der Waals surface area contributed by atoms with Crippen LogP contribution in [0.3, 0.4) is 0 Å². The number of hydrogen-bond acceptors (Lipinski definition) is 4. The quantitative estimate of drug-likeness (QED) is 0.728. The molecule has 0 spiro atoms. The van der Waals surface area contributed by atoms with E-state index in [4.69, 9.17) is 9.94 Å². The second kappa shape index (κ2) is 4.63. The lowest BCUT2D eigenvalue weighted by molar-refractivity contribution is 0.160. The van der Waals surface area contributed by atoms with Crippen LogP contribution in [0.5, 0.6) is 11.5 Å². The van der Waals surface area contributed by atoms with Gasteiger partial charge in [-0.2, -0.15) is 0 Å². The molecule has 14 heavy (non-hydrogen) atoms. The molecule has 78 valence electrons. The lowest BCUT2D eigenvalue weighted by atomic mass is 10.1. The molecule has 0 radical (unpaired) electrons. The lowest BCUT2D eigenvalue weighted by Gasteiger charge is -2.12. The van der Waals surface area contributed by atoms with Crippen molar-refractivity contribution >= 4 is 15.9 Å². The van der Waals surface area contributed by atoms with Gasteiger partial charge in [0, 0.05) is 17.7 Å². The van der Waals surface area contributed by atoms with Gasteiger partial charge < -0.3 is 15.1 Å². The Morgan fingerprint density at radius 1 is 1.57 bits per heavy atom. The maximum atomic E-state index is 9.71. The normalized spacial score (nSPS) is 10.3. The summed E-state index contributed by atoms with van der Waals surface area (Å²) in [7, 11) is 1.54. The standard InChI is InChI=1S/C9H12BrNO3/c1-5-8(12)6(4-11-13)3-7(10)9(5)14-2/h3,11-13H,4H2,1-2H3. The first-order chi connectivity index (χ1) is 6.61. The van der Waals surface area contributed by atoms with Crippen molar-refractivity contribution in [3.8, 4) is 11.5 Å². The van der Waals surface area contributed by atoms with Crippen LogP contribution in [-0.4, -0.2) is 17.4 Å². The van der Waals surface area contributed by atoms with Gasteiger partial charge in [0.05, 0.1) is 11.6 Å². The van der Waals surface area contributed by atoms with Crippen molar-refractivity contribution in [2.45, 2.75) is 13.5 Å². The first kappa shape index (κ1) is 11.3. The van der Waals surface area contributed by atoms with E-state index in [-0.39, 0.29) is 12.3 Å². The second-order valence-electron chi connectivity index (χ2n) is 2.86. The Labute approximate surface area is 90.6 Å². The summed E-state index contributed by atoms with van der Waals surface area (Å²) in [5, 5.41) is 18.3. The van der Waals surface area contributed by atoms with Gasteiger partial charge >= 0.3 is 0 Å². The zero-order chi connectivity index (χ0) is 10.7. The molecule has 0 bridgehead atoms. The third-order valence-electron chi connectivity index (χ3n) is 1.99. The Balaban J connectivity index is 3.25. The van der Waals surface area contributed by atoms with Crippen LogP contribution >= 0.6 is 15.9 Å². The molecular weight excluding hydrogens is 250 g/mol. The molecule has 1 aromatic carbocycles. The van der Waals surface area contributed by atoms with Crippen molar-refractivity contribution in [2.75, 3.05) is 7.11 Å². The number of ether oxygens (including phenoxy) is 1. The van der Waals surface area contributed by atoms with Crippen molar-refractivity contribution in [3.63, 3.8) is 0 Å². The van der Waals surface area contributed by atoms with E-state index in [2.05, 4.69) is 15.9 Å².